The van der Waals surface area contributed by atoms with Gasteiger partial charge >= 0.3 is 0 Å². The molecule has 1 saturated carbocycles. The van der Waals surface area contributed by atoms with Crippen molar-refractivity contribution in [1.29, 1.82) is 0 Å². The summed E-state index contributed by atoms with van der Waals surface area (Å²) in [5, 5.41) is 12.9. The molecule has 0 amide bonds. The van der Waals surface area contributed by atoms with Gasteiger partial charge in [-0.3, -0.25) is 0 Å². The van der Waals surface area contributed by atoms with Crippen molar-refractivity contribution in [1.82, 2.24) is 5.32 Å². The molecule has 0 saturated heterocycles. The molecule has 0 spiro atoms. The van der Waals surface area contributed by atoms with Crippen LogP contribution >= 0.6 is 0 Å². The van der Waals surface area contributed by atoms with Crippen molar-refractivity contribution in [3.63, 3.8) is 0 Å². The molecule has 1 aromatic rings. The quantitative estimate of drug-likeness (QED) is 0.815. The maximum absolute atomic E-state index is 9.55. The van der Waals surface area contributed by atoms with E-state index >= 15 is 0 Å². The molecule has 1 aliphatic heterocycles. The third-order valence-corrected chi connectivity index (χ3v) is 3.62. The summed E-state index contributed by atoms with van der Waals surface area (Å²) in [4.78, 5) is 0. The molecule has 1 unspecified atom stereocenters. The van der Waals surface area contributed by atoms with E-state index in [1.54, 1.807) is 7.11 Å². The van der Waals surface area contributed by atoms with Gasteiger partial charge in [-0.05, 0) is 43.0 Å². The lowest BCUT2D eigenvalue weighted by Crippen LogP contribution is -2.26. The van der Waals surface area contributed by atoms with Gasteiger partial charge in [0.15, 0.2) is 11.5 Å². The van der Waals surface area contributed by atoms with Gasteiger partial charge in [0.1, 0.15) is 0 Å². The van der Waals surface area contributed by atoms with Crippen molar-refractivity contribution in [3.8, 4) is 17.2 Å². The average Bonchev–Trinajstić information content (AvgIpc) is 3.14. The predicted octanol–water partition coefficient (Wildman–Crippen LogP) is 1.46. The van der Waals surface area contributed by atoms with Gasteiger partial charge in [-0.1, -0.05) is 0 Å². The number of rotatable bonds is 6. The molecule has 1 heterocycles. The Balaban J connectivity index is 1.81. The summed E-state index contributed by atoms with van der Waals surface area (Å²) in [6.07, 6.45) is 2.57. The van der Waals surface area contributed by atoms with Crippen LogP contribution in [0.3, 0.4) is 0 Å². The van der Waals surface area contributed by atoms with E-state index in [1.165, 1.54) is 12.8 Å². The Bertz CT molecular complexity index is 459. The maximum atomic E-state index is 9.55. The largest absolute Gasteiger partial charge is 0.493 e. The van der Waals surface area contributed by atoms with E-state index < -0.39 is 0 Å². The summed E-state index contributed by atoms with van der Waals surface area (Å²) in [6, 6.07) is 3.71. The van der Waals surface area contributed by atoms with Crippen LogP contribution in [0.2, 0.25) is 0 Å². The number of nitrogens with one attached hydrogen (secondary N) is 1. The molecule has 0 bridgehead atoms. The second-order valence-corrected chi connectivity index (χ2v) is 5.04. The van der Waals surface area contributed by atoms with Crippen molar-refractivity contribution in [2.45, 2.75) is 18.9 Å². The molecular weight excluding hydrogens is 246 g/mol. The van der Waals surface area contributed by atoms with Crippen molar-refractivity contribution in [2.24, 2.45) is 5.92 Å². The molecular formula is C14H19NO4. The molecule has 1 aromatic carbocycles. The van der Waals surface area contributed by atoms with Crippen molar-refractivity contribution < 1.29 is 19.3 Å². The SMILES string of the molecule is COc1cc(C(CO)NCC2CC2)cc2c1OCO2. The van der Waals surface area contributed by atoms with Crippen LogP contribution < -0.4 is 19.5 Å². The van der Waals surface area contributed by atoms with Gasteiger partial charge in [-0.2, -0.15) is 0 Å². The van der Waals surface area contributed by atoms with Crippen LogP contribution in [0, 0.1) is 5.92 Å². The van der Waals surface area contributed by atoms with Gasteiger partial charge in [0.05, 0.1) is 19.8 Å². The summed E-state index contributed by atoms with van der Waals surface area (Å²) in [7, 11) is 1.60. The van der Waals surface area contributed by atoms with Gasteiger partial charge in [-0.25, -0.2) is 0 Å². The minimum atomic E-state index is -0.0935. The smallest absolute Gasteiger partial charge is 0.231 e. The Hall–Kier alpha value is -1.46. The standard InChI is InChI=1S/C14H19NO4/c1-17-12-4-10(5-13-14(12)19-8-18-13)11(7-16)15-6-9-2-3-9/h4-5,9,11,15-16H,2-3,6-8H2,1H3. The monoisotopic (exact) mass is 265 g/mol. The summed E-state index contributed by atoms with van der Waals surface area (Å²) in [6.45, 7) is 1.21. The van der Waals surface area contributed by atoms with Gasteiger partial charge in [0.2, 0.25) is 12.5 Å². The normalized spacial score (nSPS) is 18.4. The average molecular weight is 265 g/mol. The second-order valence-electron chi connectivity index (χ2n) is 5.04. The summed E-state index contributed by atoms with van der Waals surface area (Å²) in [5.41, 5.74) is 0.962. The summed E-state index contributed by atoms with van der Waals surface area (Å²) in [5.74, 6) is 2.74. The molecule has 1 fully saturated rings. The van der Waals surface area contributed by atoms with Crippen LogP contribution in [0.15, 0.2) is 12.1 Å². The molecule has 3 rings (SSSR count). The fourth-order valence-electron chi connectivity index (χ4n) is 2.27. The number of fused-ring (bicyclic) bond motifs is 1. The highest BCUT2D eigenvalue weighted by atomic mass is 16.7. The zero-order valence-corrected chi connectivity index (χ0v) is 11.0. The first-order chi connectivity index (χ1) is 9.31. The van der Waals surface area contributed by atoms with Crippen LogP contribution in [0.25, 0.3) is 0 Å². The molecule has 5 heteroatoms. The van der Waals surface area contributed by atoms with Crippen molar-refractivity contribution >= 4 is 0 Å². The highest BCUT2D eigenvalue weighted by Gasteiger charge is 2.25. The first-order valence-electron chi connectivity index (χ1n) is 6.63. The molecule has 0 aromatic heterocycles. The number of aliphatic hydroxyl groups is 1. The van der Waals surface area contributed by atoms with Crippen LogP contribution in [0.4, 0.5) is 0 Å². The lowest BCUT2D eigenvalue weighted by Gasteiger charge is -2.18. The van der Waals surface area contributed by atoms with Gasteiger partial charge < -0.3 is 24.6 Å². The third-order valence-electron chi connectivity index (χ3n) is 3.62. The van der Waals surface area contributed by atoms with E-state index in [-0.39, 0.29) is 19.4 Å². The molecule has 1 atom stereocenters. The van der Waals surface area contributed by atoms with E-state index in [0.717, 1.165) is 18.0 Å². The second kappa shape index (κ2) is 5.27. The Morgan fingerprint density at radius 3 is 2.95 bits per heavy atom. The highest BCUT2D eigenvalue weighted by Crippen LogP contribution is 2.43. The van der Waals surface area contributed by atoms with Crippen LogP contribution in [-0.2, 0) is 0 Å². The molecule has 104 valence electrons. The van der Waals surface area contributed by atoms with Crippen molar-refractivity contribution in [2.75, 3.05) is 27.1 Å². The minimum Gasteiger partial charge on any atom is -0.493 e. The number of methoxy groups -OCH3 is 1. The van der Waals surface area contributed by atoms with Gasteiger partial charge in [0.25, 0.3) is 0 Å². The maximum Gasteiger partial charge on any atom is 0.231 e. The number of hydrogen-bond acceptors (Lipinski definition) is 5. The number of ether oxygens (including phenoxy) is 3. The summed E-state index contributed by atoms with van der Waals surface area (Å²) < 4.78 is 16.1. The third kappa shape index (κ3) is 2.62. The zero-order valence-electron chi connectivity index (χ0n) is 11.0. The summed E-state index contributed by atoms with van der Waals surface area (Å²) >= 11 is 0. The topological polar surface area (TPSA) is 60.0 Å². The molecule has 5 nitrogen and oxygen atoms in total. The molecule has 2 N–H and O–H groups in total. The first-order valence-corrected chi connectivity index (χ1v) is 6.63. The molecule has 2 aliphatic rings. The molecule has 0 radical (unpaired) electrons. The fraction of sp³-hybridized carbons (Fsp3) is 0.571. The Morgan fingerprint density at radius 1 is 1.42 bits per heavy atom. The lowest BCUT2D eigenvalue weighted by atomic mass is 10.1. The Kier molecular flexibility index (Phi) is 3.48. The van der Waals surface area contributed by atoms with E-state index in [2.05, 4.69) is 5.32 Å². The van der Waals surface area contributed by atoms with Crippen LogP contribution in [0.1, 0.15) is 24.4 Å². The number of benzene rings is 1. The van der Waals surface area contributed by atoms with Crippen LogP contribution in [0.5, 0.6) is 17.2 Å². The fourth-order valence-corrected chi connectivity index (χ4v) is 2.27. The van der Waals surface area contributed by atoms with E-state index in [1.807, 2.05) is 12.1 Å². The highest BCUT2D eigenvalue weighted by molar-refractivity contribution is 5.55. The van der Waals surface area contributed by atoms with Crippen LogP contribution in [-0.4, -0.2) is 32.2 Å². The Labute approximate surface area is 112 Å². The van der Waals surface area contributed by atoms with Gasteiger partial charge in [0, 0.05) is 0 Å². The van der Waals surface area contributed by atoms with E-state index in [4.69, 9.17) is 14.2 Å². The first kappa shape index (κ1) is 12.6. The minimum absolute atomic E-state index is 0.0511. The Morgan fingerprint density at radius 2 is 2.26 bits per heavy atom. The van der Waals surface area contributed by atoms with E-state index in [9.17, 15) is 5.11 Å². The number of aliphatic hydroxyl groups excluding tert-OH is 1. The van der Waals surface area contributed by atoms with Gasteiger partial charge in [-0.15, -0.1) is 0 Å². The lowest BCUT2D eigenvalue weighted by molar-refractivity contribution is 0.171. The number of hydrogen-bond donors (Lipinski definition) is 2. The molecule has 19 heavy (non-hydrogen) atoms. The predicted molar refractivity (Wildman–Crippen MR) is 69.7 cm³/mol. The zero-order chi connectivity index (χ0) is 13.2. The molecule has 1 aliphatic carbocycles. The van der Waals surface area contributed by atoms with E-state index in [0.29, 0.717) is 17.2 Å². The van der Waals surface area contributed by atoms with Crippen molar-refractivity contribution in [3.05, 3.63) is 17.7 Å².